The molecule has 1 N–H and O–H groups in total. The number of Topliss-reactive ketones (excluding diaryl/α,β-unsaturated/α-hetero) is 1. The minimum absolute atomic E-state index is 0.277. The fraction of sp³-hybridized carbons (Fsp3) is 0.467. The van der Waals surface area contributed by atoms with E-state index in [1.807, 2.05) is 0 Å². The molecule has 0 amide bonds. The molecular formula is C15H16BrNO5S2. The molecule has 1 aliphatic rings. The number of carbonyl (C=O) groups is 4. The Morgan fingerprint density at radius 1 is 1.42 bits per heavy atom. The lowest BCUT2D eigenvalue weighted by Crippen LogP contribution is -2.34. The second kappa shape index (κ2) is 8.89. The molecule has 2 rings (SSSR count). The zero-order chi connectivity index (χ0) is 17.7. The molecule has 1 saturated heterocycles. The first-order chi connectivity index (χ1) is 11.4. The van der Waals surface area contributed by atoms with Gasteiger partial charge >= 0.3 is 11.9 Å². The van der Waals surface area contributed by atoms with Gasteiger partial charge in [-0.05, 0) is 47.4 Å². The Labute approximate surface area is 155 Å². The van der Waals surface area contributed by atoms with E-state index in [9.17, 15) is 19.2 Å². The summed E-state index contributed by atoms with van der Waals surface area (Å²) >= 11 is 5.27. The predicted octanol–water partition coefficient (Wildman–Crippen LogP) is 2.55. The molecule has 1 aromatic rings. The fourth-order valence-corrected chi connectivity index (χ4v) is 4.56. The van der Waals surface area contributed by atoms with Crippen LogP contribution in [0.3, 0.4) is 0 Å². The number of hydrogen-bond donors (Lipinski definition) is 1. The first-order valence-electron chi connectivity index (χ1n) is 7.31. The summed E-state index contributed by atoms with van der Waals surface area (Å²) in [4.78, 5) is 48.1. The summed E-state index contributed by atoms with van der Waals surface area (Å²) in [7, 11) is 0. The number of esters is 2. The maximum absolute atomic E-state index is 12.5. The molecule has 0 aliphatic carbocycles. The van der Waals surface area contributed by atoms with Gasteiger partial charge in [0.05, 0.1) is 20.3 Å². The van der Waals surface area contributed by atoms with Crippen molar-refractivity contribution in [1.29, 1.82) is 0 Å². The van der Waals surface area contributed by atoms with Crippen molar-refractivity contribution in [3.05, 3.63) is 20.8 Å². The van der Waals surface area contributed by atoms with Gasteiger partial charge in [0.25, 0.3) is 0 Å². The maximum atomic E-state index is 12.5. The Bertz CT molecular complexity index is 654. The molecular weight excluding hydrogens is 418 g/mol. The molecule has 1 aliphatic heterocycles. The molecule has 6 nitrogen and oxygen atoms in total. The van der Waals surface area contributed by atoms with E-state index in [0.717, 1.165) is 22.0 Å². The molecule has 9 heteroatoms. The van der Waals surface area contributed by atoms with Gasteiger partial charge in [-0.2, -0.15) is 0 Å². The van der Waals surface area contributed by atoms with E-state index in [0.29, 0.717) is 17.8 Å². The van der Waals surface area contributed by atoms with Crippen LogP contribution in [-0.4, -0.2) is 40.7 Å². The predicted molar refractivity (Wildman–Crippen MR) is 95.2 cm³/mol. The van der Waals surface area contributed by atoms with E-state index in [4.69, 9.17) is 4.74 Å². The third kappa shape index (κ3) is 5.51. The lowest BCUT2D eigenvalue weighted by atomic mass is 10.2. The van der Waals surface area contributed by atoms with Gasteiger partial charge in [-0.25, -0.2) is 4.79 Å². The highest BCUT2D eigenvalue weighted by Gasteiger charge is 2.30. The average Bonchev–Trinajstić information content (AvgIpc) is 3.16. The number of halogens is 1. The second-order valence-electron chi connectivity index (χ2n) is 5.21. The molecule has 0 aromatic carbocycles. The van der Waals surface area contributed by atoms with Crippen molar-refractivity contribution in [2.24, 2.45) is 0 Å². The number of thioether (sulfide) groups is 1. The number of ether oxygens (including phenoxy) is 1. The van der Waals surface area contributed by atoms with E-state index in [2.05, 4.69) is 21.2 Å². The van der Waals surface area contributed by atoms with Gasteiger partial charge in [0.15, 0.2) is 10.9 Å². The lowest BCUT2D eigenvalue weighted by Gasteiger charge is -2.13. The average molecular weight is 434 g/mol. The van der Waals surface area contributed by atoms with Gasteiger partial charge in [-0.3, -0.25) is 14.4 Å². The molecule has 1 fully saturated rings. The monoisotopic (exact) mass is 433 g/mol. The highest BCUT2D eigenvalue weighted by atomic mass is 79.9. The van der Waals surface area contributed by atoms with Gasteiger partial charge in [0.1, 0.15) is 6.04 Å². The summed E-state index contributed by atoms with van der Waals surface area (Å²) in [6, 6.07) is 2.88. The van der Waals surface area contributed by atoms with Crippen LogP contribution in [0.1, 0.15) is 35.9 Å². The van der Waals surface area contributed by atoms with Crippen LogP contribution in [0.2, 0.25) is 0 Å². The molecule has 2 atom stereocenters. The summed E-state index contributed by atoms with van der Waals surface area (Å²) in [6.07, 6.45) is 1.15. The van der Waals surface area contributed by atoms with Crippen molar-refractivity contribution >= 4 is 61.9 Å². The zero-order valence-electron chi connectivity index (χ0n) is 12.9. The second-order valence-corrected chi connectivity index (χ2v) is 9.05. The van der Waals surface area contributed by atoms with E-state index in [-0.39, 0.29) is 17.3 Å². The third-order valence-electron chi connectivity index (χ3n) is 3.33. The highest BCUT2D eigenvalue weighted by Crippen LogP contribution is 2.28. The molecule has 2 heterocycles. The Balaban J connectivity index is 1.99. The number of nitrogens with one attached hydrogen (secondary N) is 1. The largest absolute Gasteiger partial charge is 0.392 e. The van der Waals surface area contributed by atoms with Gasteiger partial charge in [-0.15, -0.1) is 11.3 Å². The van der Waals surface area contributed by atoms with Crippen molar-refractivity contribution in [2.45, 2.75) is 37.5 Å². The van der Waals surface area contributed by atoms with Crippen LogP contribution in [0, 0.1) is 0 Å². The number of carbonyl (C=O) groups excluding carboxylic acids is 4. The van der Waals surface area contributed by atoms with Crippen LogP contribution >= 0.6 is 39.0 Å². The quantitative estimate of drug-likeness (QED) is 0.418. The van der Waals surface area contributed by atoms with Crippen LogP contribution in [0.25, 0.3) is 0 Å². The molecule has 0 saturated carbocycles. The standard InChI is InChI=1S/C15H16BrNO5S2/c1-8(18)23-11(14(20)10-4-5-12(16)24-10)7-13(19)22-15(21)9-3-2-6-17-9/h4-5,9,11,17H,2-3,6-7H2,1H3/t9-,11?/m0/s1. The highest BCUT2D eigenvalue weighted by molar-refractivity contribution is 9.11. The molecule has 1 aromatic heterocycles. The number of rotatable bonds is 6. The van der Waals surface area contributed by atoms with Crippen LogP contribution < -0.4 is 5.32 Å². The van der Waals surface area contributed by atoms with Gasteiger partial charge < -0.3 is 10.1 Å². The summed E-state index contributed by atoms with van der Waals surface area (Å²) in [6.45, 7) is 2.04. The van der Waals surface area contributed by atoms with Gasteiger partial charge in [0.2, 0.25) is 0 Å². The topological polar surface area (TPSA) is 89.5 Å². The van der Waals surface area contributed by atoms with Crippen molar-refractivity contribution in [3.8, 4) is 0 Å². The SMILES string of the molecule is CC(=O)SC(CC(=O)OC(=O)[C@@H]1CCCN1)C(=O)c1ccc(Br)s1. The molecule has 1 unspecified atom stereocenters. The molecule has 24 heavy (non-hydrogen) atoms. The first-order valence-corrected chi connectivity index (χ1v) is 9.80. The van der Waals surface area contributed by atoms with Crippen LogP contribution in [0.4, 0.5) is 0 Å². The van der Waals surface area contributed by atoms with Crippen molar-refractivity contribution in [1.82, 2.24) is 5.32 Å². The molecule has 130 valence electrons. The Kier molecular flexibility index (Phi) is 7.15. The van der Waals surface area contributed by atoms with Crippen molar-refractivity contribution in [3.63, 3.8) is 0 Å². The Morgan fingerprint density at radius 2 is 2.17 bits per heavy atom. The summed E-state index contributed by atoms with van der Waals surface area (Å²) in [5.74, 6) is -1.75. The van der Waals surface area contributed by atoms with Crippen LogP contribution in [0.5, 0.6) is 0 Å². The molecule has 0 bridgehead atoms. The summed E-state index contributed by atoms with van der Waals surface area (Å²) in [5.41, 5.74) is 0. The molecule has 0 spiro atoms. The molecule has 0 radical (unpaired) electrons. The Morgan fingerprint density at radius 3 is 2.71 bits per heavy atom. The minimum atomic E-state index is -0.898. The van der Waals surface area contributed by atoms with Crippen LogP contribution in [-0.2, 0) is 19.1 Å². The third-order valence-corrected chi connectivity index (χ3v) is 5.96. The smallest absolute Gasteiger partial charge is 0.330 e. The minimum Gasteiger partial charge on any atom is -0.392 e. The Hall–Kier alpha value is -1.03. The van der Waals surface area contributed by atoms with Crippen LogP contribution in [0.15, 0.2) is 15.9 Å². The van der Waals surface area contributed by atoms with E-state index in [1.165, 1.54) is 18.3 Å². The van der Waals surface area contributed by atoms with Gasteiger partial charge in [0, 0.05) is 6.92 Å². The fourth-order valence-electron chi connectivity index (χ4n) is 2.26. The lowest BCUT2D eigenvalue weighted by molar-refractivity contribution is -0.160. The van der Waals surface area contributed by atoms with Crippen molar-refractivity contribution in [2.75, 3.05) is 6.54 Å². The number of thiophene rings is 1. The number of ketones is 1. The first kappa shape index (κ1) is 19.3. The number of hydrogen-bond acceptors (Lipinski definition) is 8. The normalized spacial score (nSPS) is 18.2. The maximum Gasteiger partial charge on any atom is 0.330 e. The summed E-state index contributed by atoms with van der Waals surface area (Å²) < 4.78 is 5.59. The van der Waals surface area contributed by atoms with E-state index in [1.54, 1.807) is 12.1 Å². The van der Waals surface area contributed by atoms with E-state index < -0.39 is 23.2 Å². The van der Waals surface area contributed by atoms with E-state index >= 15 is 0 Å². The van der Waals surface area contributed by atoms with Crippen molar-refractivity contribution < 1.29 is 23.9 Å². The summed E-state index contributed by atoms with van der Waals surface area (Å²) in [5, 5.41) is 1.77. The van der Waals surface area contributed by atoms with Gasteiger partial charge in [-0.1, -0.05) is 11.8 Å². The zero-order valence-corrected chi connectivity index (χ0v) is 16.1.